The lowest BCUT2D eigenvalue weighted by Gasteiger charge is -2.43. The number of rotatable bonds is 5. The van der Waals surface area contributed by atoms with Gasteiger partial charge in [0.2, 0.25) is 0 Å². The number of hydrogen-bond acceptors (Lipinski definition) is 4. The second kappa shape index (κ2) is 6.99. The van der Waals surface area contributed by atoms with Crippen LogP contribution in [0.2, 0.25) is 0 Å². The van der Waals surface area contributed by atoms with Crippen LogP contribution in [0.3, 0.4) is 0 Å². The first kappa shape index (κ1) is 18.3. The third-order valence-electron chi connectivity index (χ3n) is 5.45. The Bertz CT molecular complexity index is 616. The van der Waals surface area contributed by atoms with Gasteiger partial charge in [-0.2, -0.15) is 17.6 Å². The van der Waals surface area contributed by atoms with Gasteiger partial charge in [-0.3, -0.25) is 0 Å². The standard InChI is InChI=1S/C17H21F4NO3/c1-22-7-6-17(5-4-11(23)9-14(17)22)10-2-3-12(24-15(18)19)13(8-10)25-16(20)21/h2-3,8,11,14-16,23H,4-7,9H2,1H3/t11?,14?,17-/m0/s1. The van der Waals surface area contributed by atoms with E-state index in [9.17, 15) is 22.7 Å². The first-order valence-electron chi connectivity index (χ1n) is 8.24. The fraction of sp³-hybridized carbons (Fsp3) is 0.647. The molecule has 2 fully saturated rings. The molecule has 3 atom stereocenters. The summed E-state index contributed by atoms with van der Waals surface area (Å²) in [6, 6.07) is 4.35. The number of fused-ring (bicyclic) bond motifs is 1. The summed E-state index contributed by atoms with van der Waals surface area (Å²) in [5.41, 5.74) is 0.448. The number of aliphatic hydroxyl groups excluding tert-OH is 1. The smallest absolute Gasteiger partial charge is 0.387 e. The van der Waals surface area contributed by atoms with Crippen molar-refractivity contribution in [2.45, 2.75) is 56.5 Å². The van der Waals surface area contributed by atoms with Crippen LogP contribution in [0.5, 0.6) is 11.5 Å². The number of ether oxygens (including phenoxy) is 2. The van der Waals surface area contributed by atoms with Gasteiger partial charge in [0.1, 0.15) is 0 Å². The zero-order chi connectivity index (χ0) is 18.2. The van der Waals surface area contributed by atoms with Gasteiger partial charge in [0, 0.05) is 11.5 Å². The van der Waals surface area contributed by atoms with Gasteiger partial charge in [-0.25, -0.2) is 0 Å². The van der Waals surface area contributed by atoms with Crippen LogP contribution >= 0.6 is 0 Å². The summed E-state index contributed by atoms with van der Waals surface area (Å²) in [7, 11) is 1.97. The van der Waals surface area contributed by atoms with Crippen LogP contribution in [-0.4, -0.2) is 49.0 Å². The van der Waals surface area contributed by atoms with Gasteiger partial charge in [-0.05, 0) is 57.0 Å². The lowest BCUT2D eigenvalue weighted by atomic mass is 9.65. The Labute approximate surface area is 143 Å². The second-order valence-corrected chi connectivity index (χ2v) is 6.75. The van der Waals surface area contributed by atoms with Gasteiger partial charge in [-0.1, -0.05) is 6.07 Å². The fourth-order valence-corrected chi connectivity index (χ4v) is 4.30. The molecule has 1 aliphatic carbocycles. The molecule has 2 unspecified atom stereocenters. The number of hydrogen-bond donors (Lipinski definition) is 1. The number of nitrogens with zero attached hydrogens (tertiary/aromatic N) is 1. The zero-order valence-corrected chi connectivity index (χ0v) is 13.8. The van der Waals surface area contributed by atoms with Crippen molar-refractivity contribution in [1.29, 1.82) is 0 Å². The molecule has 1 aromatic rings. The van der Waals surface area contributed by atoms with Crippen molar-refractivity contribution >= 4 is 0 Å². The SMILES string of the molecule is CN1CC[C@]2(c3ccc(OC(F)F)c(OC(F)F)c3)CCC(O)CC12. The maximum absolute atomic E-state index is 12.7. The van der Waals surface area contributed by atoms with Crippen LogP contribution in [0, 0.1) is 0 Å². The van der Waals surface area contributed by atoms with Gasteiger partial charge in [0.05, 0.1) is 6.10 Å². The molecule has 2 aliphatic rings. The van der Waals surface area contributed by atoms with E-state index < -0.39 is 25.1 Å². The van der Waals surface area contributed by atoms with Crippen molar-refractivity contribution in [3.8, 4) is 11.5 Å². The molecule has 4 nitrogen and oxygen atoms in total. The Hall–Kier alpha value is -1.54. The Balaban J connectivity index is 1.98. The summed E-state index contributed by atoms with van der Waals surface area (Å²) < 4.78 is 59.1. The van der Waals surface area contributed by atoms with Crippen LogP contribution in [-0.2, 0) is 5.41 Å². The summed E-state index contributed by atoms with van der Waals surface area (Å²) in [5, 5.41) is 10.00. The number of halogens is 4. The fourth-order valence-electron chi connectivity index (χ4n) is 4.30. The highest BCUT2D eigenvalue weighted by Gasteiger charge is 2.50. The lowest BCUT2D eigenvalue weighted by molar-refractivity contribution is -0.0693. The van der Waals surface area contributed by atoms with Crippen molar-refractivity contribution in [2.75, 3.05) is 13.6 Å². The first-order valence-corrected chi connectivity index (χ1v) is 8.24. The molecule has 0 aromatic heterocycles. The largest absolute Gasteiger partial charge is 0.431 e. The normalized spacial score (nSPS) is 29.9. The Morgan fingerprint density at radius 2 is 1.80 bits per heavy atom. The van der Waals surface area contributed by atoms with E-state index in [4.69, 9.17) is 0 Å². The molecule has 3 rings (SSSR count). The van der Waals surface area contributed by atoms with E-state index in [0.717, 1.165) is 18.5 Å². The van der Waals surface area contributed by atoms with Crippen molar-refractivity contribution in [3.63, 3.8) is 0 Å². The minimum absolute atomic E-state index is 0.0671. The van der Waals surface area contributed by atoms with E-state index in [1.165, 1.54) is 12.1 Å². The van der Waals surface area contributed by atoms with E-state index in [2.05, 4.69) is 14.4 Å². The minimum Gasteiger partial charge on any atom is -0.431 e. The van der Waals surface area contributed by atoms with Crippen molar-refractivity contribution in [2.24, 2.45) is 0 Å². The van der Waals surface area contributed by atoms with Crippen LogP contribution in [0.25, 0.3) is 0 Å². The third kappa shape index (κ3) is 3.55. The average molecular weight is 363 g/mol. The van der Waals surface area contributed by atoms with Crippen LogP contribution < -0.4 is 9.47 Å². The molecule has 140 valence electrons. The summed E-state index contributed by atoms with van der Waals surface area (Å²) in [5.74, 6) is -0.796. The molecule has 0 spiro atoms. The quantitative estimate of drug-likeness (QED) is 0.815. The van der Waals surface area contributed by atoms with Gasteiger partial charge >= 0.3 is 13.2 Å². The molecule has 25 heavy (non-hydrogen) atoms. The maximum Gasteiger partial charge on any atom is 0.387 e. The van der Waals surface area contributed by atoms with Crippen molar-refractivity contribution < 1.29 is 32.1 Å². The Morgan fingerprint density at radius 1 is 1.12 bits per heavy atom. The summed E-state index contributed by atoms with van der Waals surface area (Å²) >= 11 is 0. The van der Waals surface area contributed by atoms with E-state index in [-0.39, 0.29) is 17.2 Å². The number of likely N-dealkylation sites (N-methyl/N-ethyl adjacent to an activating group) is 1. The number of alkyl halides is 4. The van der Waals surface area contributed by atoms with Crippen LogP contribution in [0.4, 0.5) is 17.6 Å². The molecule has 1 aliphatic heterocycles. The highest BCUT2D eigenvalue weighted by molar-refractivity contribution is 5.46. The summed E-state index contributed by atoms with van der Waals surface area (Å²) in [6.07, 6.45) is 2.33. The predicted molar refractivity (Wildman–Crippen MR) is 82.3 cm³/mol. The molecule has 1 heterocycles. The molecule has 0 bridgehead atoms. The number of aliphatic hydroxyl groups is 1. The first-order chi connectivity index (χ1) is 11.8. The molecular weight excluding hydrogens is 342 g/mol. The number of likely N-dealkylation sites (tertiary alicyclic amines) is 1. The van der Waals surface area contributed by atoms with Crippen molar-refractivity contribution in [3.05, 3.63) is 23.8 Å². The molecule has 1 N–H and O–H groups in total. The van der Waals surface area contributed by atoms with Gasteiger partial charge in [-0.15, -0.1) is 0 Å². The Kier molecular flexibility index (Phi) is 5.11. The van der Waals surface area contributed by atoms with E-state index >= 15 is 0 Å². The summed E-state index contributed by atoms with van der Waals surface area (Å²) in [4.78, 5) is 2.15. The number of benzene rings is 1. The van der Waals surface area contributed by atoms with Gasteiger partial charge in [0.15, 0.2) is 11.5 Å². The minimum atomic E-state index is -3.14. The van der Waals surface area contributed by atoms with Crippen molar-refractivity contribution in [1.82, 2.24) is 4.90 Å². The van der Waals surface area contributed by atoms with Crippen LogP contribution in [0.15, 0.2) is 18.2 Å². The van der Waals surface area contributed by atoms with E-state index in [1.807, 2.05) is 7.05 Å². The predicted octanol–water partition coefficient (Wildman–Crippen LogP) is 3.38. The van der Waals surface area contributed by atoms with E-state index in [0.29, 0.717) is 19.3 Å². The average Bonchev–Trinajstić information content (AvgIpc) is 2.86. The molecule has 1 aromatic carbocycles. The maximum atomic E-state index is 12.7. The van der Waals surface area contributed by atoms with Gasteiger partial charge < -0.3 is 19.5 Å². The van der Waals surface area contributed by atoms with Gasteiger partial charge in [0.25, 0.3) is 0 Å². The molecule has 0 amide bonds. The zero-order valence-electron chi connectivity index (χ0n) is 13.8. The molecular formula is C17H21F4NO3. The topological polar surface area (TPSA) is 41.9 Å². The third-order valence-corrected chi connectivity index (χ3v) is 5.45. The Morgan fingerprint density at radius 3 is 2.48 bits per heavy atom. The highest BCUT2D eigenvalue weighted by Crippen LogP contribution is 2.50. The highest BCUT2D eigenvalue weighted by atomic mass is 19.3. The van der Waals surface area contributed by atoms with Crippen LogP contribution in [0.1, 0.15) is 31.2 Å². The lowest BCUT2D eigenvalue weighted by Crippen LogP contribution is -2.47. The molecule has 1 saturated carbocycles. The van der Waals surface area contributed by atoms with E-state index in [1.54, 1.807) is 6.07 Å². The second-order valence-electron chi connectivity index (χ2n) is 6.75. The molecule has 0 radical (unpaired) electrons. The molecule has 1 saturated heterocycles. The molecule has 8 heteroatoms. The summed E-state index contributed by atoms with van der Waals surface area (Å²) in [6.45, 7) is -5.44. The monoisotopic (exact) mass is 363 g/mol.